The molecule has 10 aromatic carbocycles. The first-order chi connectivity index (χ1) is 29.8. The van der Waals surface area contributed by atoms with Gasteiger partial charge in [0.1, 0.15) is 0 Å². The molecule has 0 unspecified atom stereocenters. The van der Waals surface area contributed by atoms with Gasteiger partial charge in [-0.05, 0) is 100 Å². The van der Waals surface area contributed by atoms with Crippen LogP contribution in [-0.2, 0) is 0 Å². The van der Waals surface area contributed by atoms with Crippen LogP contribution in [0.5, 0.6) is 0 Å². The summed E-state index contributed by atoms with van der Waals surface area (Å²) in [6.45, 7) is 0. The zero-order valence-corrected chi connectivity index (χ0v) is 34.1. The fourth-order valence-electron chi connectivity index (χ4n) is 9.10. The highest BCUT2D eigenvalue weighted by Crippen LogP contribution is 2.54. The van der Waals surface area contributed by atoms with Crippen molar-refractivity contribution in [1.82, 2.24) is 0 Å². The minimum Gasteiger partial charge on any atom is -0.308 e. The van der Waals surface area contributed by atoms with E-state index in [1.54, 1.807) is 0 Å². The third-order valence-corrected chi connectivity index (χ3v) is 14.0. The first-order valence-corrected chi connectivity index (χ1v) is 22.0. The molecule has 0 aliphatic rings. The molecule has 0 atom stereocenters. The monoisotopic (exact) mass is 800 g/mol. The molecule has 2 heterocycles. The first kappa shape index (κ1) is 34.8. The van der Waals surface area contributed by atoms with Gasteiger partial charge in [0.25, 0.3) is 0 Å². The van der Waals surface area contributed by atoms with Crippen molar-refractivity contribution in [2.75, 3.05) is 9.80 Å². The Morgan fingerprint density at radius 3 is 1.63 bits per heavy atom. The van der Waals surface area contributed by atoms with E-state index in [0.717, 1.165) is 34.1 Å². The quantitative estimate of drug-likeness (QED) is 0.158. The van der Waals surface area contributed by atoms with Crippen LogP contribution >= 0.6 is 22.7 Å². The Kier molecular flexibility index (Phi) is 8.25. The maximum Gasteiger partial charge on any atom is 0.0796 e. The van der Waals surface area contributed by atoms with Crippen LogP contribution < -0.4 is 9.80 Å². The van der Waals surface area contributed by atoms with Crippen LogP contribution in [0.1, 0.15) is 0 Å². The molecule has 2 aromatic heterocycles. The van der Waals surface area contributed by atoms with Gasteiger partial charge in [-0.2, -0.15) is 0 Å². The summed E-state index contributed by atoms with van der Waals surface area (Å²) in [5, 5.41) is 9.98. The number of fused-ring (bicyclic) bond motifs is 8. The van der Waals surface area contributed by atoms with Crippen LogP contribution in [0.25, 0.3) is 73.0 Å². The molecular weight excluding hydrogens is 765 g/mol. The number of para-hydroxylation sites is 2. The summed E-state index contributed by atoms with van der Waals surface area (Å²) >= 11 is 3.74. The molecule has 4 heteroatoms. The van der Waals surface area contributed by atoms with Gasteiger partial charge in [0, 0.05) is 62.8 Å². The summed E-state index contributed by atoms with van der Waals surface area (Å²) in [5.74, 6) is 0. The lowest BCUT2D eigenvalue weighted by Crippen LogP contribution is -2.17. The Labute approximate surface area is 356 Å². The van der Waals surface area contributed by atoms with Crippen molar-refractivity contribution in [3.05, 3.63) is 218 Å². The van der Waals surface area contributed by atoms with E-state index in [4.69, 9.17) is 0 Å². The van der Waals surface area contributed by atoms with Gasteiger partial charge in [0.05, 0.1) is 17.1 Å². The van der Waals surface area contributed by atoms with E-state index in [0.29, 0.717) is 0 Å². The largest absolute Gasteiger partial charge is 0.308 e. The highest BCUT2D eigenvalue weighted by atomic mass is 32.1. The Morgan fingerprint density at radius 1 is 0.300 bits per heavy atom. The van der Waals surface area contributed by atoms with Crippen molar-refractivity contribution >= 4 is 119 Å². The van der Waals surface area contributed by atoms with Crippen molar-refractivity contribution in [3.63, 3.8) is 0 Å². The van der Waals surface area contributed by atoms with E-state index < -0.39 is 0 Å². The number of nitrogens with zero attached hydrogens (tertiary/aromatic N) is 2. The Balaban J connectivity index is 1.21. The van der Waals surface area contributed by atoms with Crippen molar-refractivity contribution in [2.24, 2.45) is 0 Å². The summed E-state index contributed by atoms with van der Waals surface area (Å²) in [6, 6.07) is 80.1. The third kappa shape index (κ3) is 5.68. The second-order valence-corrected chi connectivity index (χ2v) is 17.4. The lowest BCUT2D eigenvalue weighted by atomic mass is 9.96. The summed E-state index contributed by atoms with van der Waals surface area (Å²) in [7, 11) is 0. The maximum atomic E-state index is 2.51. The molecule has 0 saturated heterocycles. The summed E-state index contributed by atoms with van der Waals surface area (Å²) in [6.07, 6.45) is 0. The Morgan fingerprint density at radius 2 is 0.867 bits per heavy atom. The standard InChI is InChI=1S/C56H36N2S2/c1-4-16-37(17-5-1)43-30-31-49(45-25-13-12-24-44(43)45)58(41-22-8-3-9-23-41)50-32-33-52-55(48-34-38-18-10-11-19-39(38)35-53(48)60-52)56(50)57(40-20-6-2-7-21-40)42-28-29-47-46-26-14-15-27-51(46)59-54(47)36-42/h1-36H. The molecule has 0 bridgehead atoms. The van der Waals surface area contributed by atoms with Crippen LogP contribution in [-0.4, -0.2) is 0 Å². The van der Waals surface area contributed by atoms with Crippen LogP contribution in [0.15, 0.2) is 218 Å². The van der Waals surface area contributed by atoms with Gasteiger partial charge in [-0.1, -0.05) is 146 Å². The molecule has 0 saturated carbocycles. The zero-order valence-electron chi connectivity index (χ0n) is 32.5. The van der Waals surface area contributed by atoms with E-state index in [1.807, 2.05) is 22.7 Å². The molecule has 0 fully saturated rings. The van der Waals surface area contributed by atoms with Gasteiger partial charge in [0.15, 0.2) is 0 Å². The summed E-state index contributed by atoms with van der Waals surface area (Å²) in [5.41, 5.74) is 9.09. The van der Waals surface area contributed by atoms with Crippen LogP contribution in [0.2, 0.25) is 0 Å². The Bertz CT molecular complexity index is 3550. The van der Waals surface area contributed by atoms with Crippen LogP contribution in [0, 0.1) is 0 Å². The smallest absolute Gasteiger partial charge is 0.0796 e. The number of benzene rings is 10. The van der Waals surface area contributed by atoms with E-state index in [1.165, 1.54) is 73.0 Å². The molecule has 0 aliphatic heterocycles. The van der Waals surface area contributed by atoms with Gasteiger partial charge >= 0.3 is 0 Å². The van der Waals surface area contributed by atoms with Gasteiger partial charge in [-0.25, -0.2) is 0 Å². The summed E-state index contributed by atoms with van der Waals surface area (Å²) in [4.78, 5) is 5.00. The van der Waals surface area contributed by atoms with Gasteiger partial charge in [-0.3, -0.25) is 0 Å². The Hall–Kier alpha value is -7.24. The molecule has 282 valence electrons. The minimum absolute atomic E-state index is 1.09. The second kappa shape index (κ2) is 14.2. The summed E-state index contributed by atoms with van der Waals surface area (Å²) < 4.78 is 5.10. The number of rotatable bonds is 7. The average molecular weight is 801 g/mol. The molecule has 0 amide bonds. The van der Waals surface area contributed by atoms with Gasteiger partial charge in [-0.15, -0.1) is 22.7 Å². The first-order valence-electron chi connectivity index (χ1n) is 20.3. The van der Waals surface area contributed by atoms with Gasteiger partial charge in [0.2, 0.25) is 0 Å². The third-order valence-electron chi connectivity index (χ3n) is 11.8. The van der Waals surface area contributed by atoms with Crippen molar-refractivity contribution in [1.29, 1.82) is 0 Å². The SMILES string of the molecule is c1ccc(-c2ccc(N(c3ccccc3)c3ccc4sc5cc6ccccc6cc5c4c3N(c3ccccc3)c3ccc4c(c3)sc3ccccc34)c3ccccc23)cc1. The topological polar surface area (TPSA) is 6.48 Å². The highest BCUT2D eigenvalue weighted by molar-refractivity contribution is 7.26. The lowest BCUT2D eigenvalue weighted by molar-refractivity contribution is 1.25. The van der Waals surface area contributed by atoms with E-state index >= 15 is 0 Å². The van der Waals surface area contributed by atoms with Crippen LogP contribution in [0.4, 0.5) is 34.1 Å². The zero-order chi connectivity index (χ0) is 39.6. The molecular formula is C56H36N2S2. The molecule has 60 heavy (non-hydrogen) atoms. The number of anilines is 6. The molecule has 0 spiro atoms. The second-order valence-electron chi connectivity index (χ2n) is 15.3. The number of thiophene rings is 2. The predicted molar refractivity (Wildman–Crippen MR) is 262 cm³/mol. The van der Waals surface area contributed by atoms with Crippen molar-refractivity contribution in [3.8, 4) is 11.1 Å². The van der Waals surface area contributed by atoms with Gasteiger partial charge < -0.3 is 9.80 Å². The van der Waals surface area contributed by atoms with E-state index in [2.05, 4.69) is 228 Å². The molecule has 12 rings (SSSR count). The number of hydrogen-bond donors (Lipinski definition) is 0. The van der Waals surface area contributed by atoms with E-state index in [9.17, 15) is 0 Å². The van der Waals surface area contributed by atoms with E-state index in [-0.39, 0.29) is 0 Å². The minimum atomic E-state index is 1.09. The molecule has 0 radical (unpaired) electrons. The molecule has 12 aromatic rings. The molecule has 0 aliphatic carbocycles. The number of hydrogen-bond acceptors (Lipinski definition) is 4. The fourth-order valence-corrected chi connectivity index (χ4v) is 11.4. The maximum absolute atomic E-state index is 2.51. The normalized spacial score (nSPS) is 11.7. The molecule has 0 N–H and O–H groups in total. The van der Waals surface area contributed by atoms with Crippen molar-refractivity contribution < 1.29 is 0 Å². The predicted octanol–water partition coefficient (Wildman–Crippen LogP) is 17.3. The van der Waals surface area contributed by atoms with Crippen LogP contribution in [0.3, 0.4) is 0 Å². The lowest BCUT2D eigenvalue weighted by Gasteiger charge is -2.34. The highest BCUT2D eigenvalue weighted by Gasteiger charge is 2.28. The fraction of sp³-hybridized carbons (Fsp3) is 0. The molecule has 2 nitrogen and oxygen atoms in total. The van der Waals surface area contributed by atoms with Crippen molar-refractivity contribution in [2.45, 2.75) is 0 Å². The average Bonchev–Trinajstić information content (AvgIpc) is 3.87.